The van der Waals surface area contributed by atoms with E-state index in [1.54, 1.807) is 23.2 Å². The van der Waals surface area contributed by atoms with Crippen LogP contribution in [0.25, 0.3) is 11.5 Å². The number of hydrogen-bond donors (Lipinski definition) is 1. The standard InChI is InChI=1S/C21H22N2O4S/c1-15-18(22-21(27-15)17-9-11-28-14-17)12-19(24)23(10-5-8-20(25)26)13-16-6-3-2-4-7-16/h2-4,6-7,9,11,14H,5,8,10,12-13H2,1H3,(H,25,26). The molecule has 1 N–H and O–H groups in total. The van der Waals surface area contributed by atoms with E-state index in [-0.39, 0.29) is 18.7 Å². The van der Waals surface area contributed by atoms with Crippen molar-refractivity contribution in [1.82, 2.24) is 9.88 Å². The van der Waals surface area contributed by atoms with E-state index < -0.39 is 5.97 Å². The first-order valence-electron chi connectivity index (χ1n) is 9.05. The van der Waals surface area contributed by atoms with Gasteiger partial charge in [0.2, 0.25) is 11.8 Å². The molecule has 6 nitrogen and oxygen atoms in total. The summed E-state index contributed by atoms with van der Waals surface area (Å²) in [4.78, 5) is 30.0. The third-order valence-electron chi connectivity index (χ3n) is 4.37. The van der Waals surface area contributed by atoms with E-state index in [2.05, 4.69) is 4.98 Å². The second-order valence-electron chi connectivity index (χ2n) is 6.51. The number of carbonyl (C=O) groups is 2. The van der Waals surface area contributed by atoms with Crippen LogP contribution in [0.3, 0.4) is 0 Å². The summed E-state index contributed by atoms with van der Waals surface area (Å²) in [5.41, 5.74) is 2.51. The van der Waals surface area contributed by atoms with Crippen molar-refractivity contribution in [1.29, 1.82) is 0 Å². The highest BCUT2D eigenvalue weighted by atomic mass is 32.1. The van der Waals surface area contributed by atoms with Gasteiger partial charge in [-0.15, -0.1) is 0 Å². The summed E-state index contributed by atoms with van der Waals surface area (Å²) in [5.74, 6) is 0.184. The van der Waals surface area contributed by atoms with Gasteiger partial charge in [0.15, 0.2) is 0 Å². The zero-order valence-electron chi connectivity index (χ0n) is 15.6. The van der Waals surface area contributed by atoms with Gasteiger partial charge in [-0.25, -0.2) is 4.98 Å². The number of aromatic nitrogens is 1. The average molecular weight is 398 g/mol. The number of amides is 1. The molecule has 1 amide bonds. The van der Waals surface area contributed by atoms with Gasteiger partial charge < -0.3 is 14.4 Å². The fraction of sp³-hybridized carbons (Fsp3) is 0.286. The van der Waals surface area contributed by atoms with Gasteiger partial charge in [0.25, 0.3) is 0 Å². The van der Waals surface area contributed by atoms with Crippen molar-refractivity contribution in [3.8, 4) is 11.5 Å². The van der Waals surface area contributed by atoms with Gasteiger partial charge in [0, 0.05) is 30.5 Å². The smallest absolute Gasteiger partial charge is 0.303 e. The summed E-state index contributed by atoms with van der Waals surface area (Å²) in [6, 6.07) is 11.6. The highest BCUT2D eigenvalue weighted by Gasteiger charge is 2.20. The van der Waals surface area contributed by atoms with E-state index in [9.17, 15) is 9.59 Å². The first kappa shape index (κ1) is 19.8. The van der Waals surface area contributed by atoms with Crippen LogP contribution >= 0.6 is 11.3 Å². The van der Waals surface area contributed by atoms with Crippen molar-refractivity contribution in [3.63, 3.8) is 0 Å². The van der Waals surface area contributed by atoms with Gasteiger partial charge in [-0.3, -0.25) is 9.59 Å². The van der Waals surface area contributed by atoms with Crippen LogP contribution in [-0.4, -0.2) is 33.4 Å². The summed E-state index contributed by atoms with van der Waals surface area (Å²) in [6.07, 6.45) is 0.565. The Morgan fingerprint density at radius 1 is 1.21 bits per heavy atom. The summed E-state index contributed by atoms with van der Waals surface area (Å²) >= 11 is 1.56. The van der Waals surface area contributed by atoms with Crippen molar-refractivity contribution < 1.29 is 19.1 Å². The topological polar surface area (TPSA) is 83.6 Å². The Morgan fingerprint density at radius 2 is 2.00 bits per heavy atom. The Balaban J connectivity index is 1.72. The number of thiophene rings is 1. The predicted molar refractivity (Wildman–Crippen MR) is 107 cm³/mol. The molecular formula is C21H22N2O4S. The largest absolute Gasteiger partial charge is 0.481 e. The Kier molecular flexibility index (Phi) is 6.60. The molecule has 0 aliphatic rings. The van der Waals surface area contributed by atoms with Crippen LogP contribution in [0.2, 0.25) is 0 Å². The number of aliphatic carboxylic acids is 1. The monoisotopic (exact) mass is 398 g/mol. The van der Waals surface area contributed by atoms with Gasteiger partial charge >= 0.3 is 5.97 Å². The number of rotatable bonds is 9. The maximum atomic E-state index is 12.9. The number of carboxylic acids is 1. The van der Waals surface area contributed by atoms with Crippen molar-refractivity contribution in [2.75, 3.05) is 6.54 Å². The number of carbonyl (C=O) groups excluding carboxylic acids is 1. The Bertz CT molecular complexity index is 919. The minimum Gasteiger partial charge on any atom is -0.481 e. The van der Waals surface area contributed by atoms with E-state index in [0.717, 1.165) is 11.1 Å². The van der Waals surface area contributed by atoms with Crippen LogP contribution in [0.4, 0.5) is 0 Å². The maximum absolute atomic E-state index is 12.9. The molecule has 3 rings (SSSR count). The summed E-state index contributed by atoms with van der Waals surface area (Å²) < 4.78 is 5.72. The minimum atomic E-state index is -0.861. The SMILES string of the molecule is Cc1oc(-c2ccsc2)nc1CC(=O)N(CCCC(=O)O)Cc1ccccc1. The maximum Gasteiger partial charge on any atom is 0.303 e. The summed E-state index contributed by atoms with van der Waals surface area (Å²) in [5, 5.41) is 12.8. The van der Waals surface area contributed by atoms with Crippen molar-refractivity contribution in [2.45, 2.75) is 32.7 Å². The van der Waals surface area contributed by atoms with Gasteiger partial charge in [-0.1, -0.05) is 30.3 Å². The second-order valence-corrected chi connectivity index (χ2v) is 7.29. The molecular weight excluding hydrogens is 376 g/mol. The van der Waals surface area contributed by atoms with E-state index >= 15 is 0 Å². The lowest BCUT2D eigenvalue weighted by molar-refractivity contribution is -0.138. The van der Waals surface area contributed by atoms with Crippen molar-refractivity contribution in [2.24, 2.45) is 0 Å². The van der Waals surface area contributed by atoms with E-state index in [4.69, 9.17) is 9.52 Å². The molecule has 0 spiro atoms. The molecule has 2 aromatic heterocycles. The number of carboxylic acid groups (broad SMARTS) is 1. The number of benzene rings is 1. The van der Waals surface area contributed by atoms with Crippen molar-refractivity contribution in [3.05, 3.63) is 64.2 Å². The van der Waals surface area contributed by atoms with Gasteiger partial charge in [-0.2, -0.15) is 11.3 Å². The molecule has 0 saturated heterocycles. The highest BCUT2D eigenvalue weighted by Crippen LogP contribution is 2.24. The highest BCUT2D eigenvalue weighted by molar-refractivity contribution is 7.08. The van der Waals surface area contributed by atoms with Crippen LogP contribution < -0.4 is 0 Å². The van der Waals surface area contributed by atoms with Crippen LogP contribution in [0.5, 0.6) is 0 Å². The molecule has 146 valence electrons. The van der Waals surface area contributed by atoms with Crippen LogP contribution in [0.15, 0.2) is 51.6 Å². The lowest BCUT2D eigenvalue weighted by atomic mass is 10.1. The predicted octanol–water partition coefficient (Wildman–Crippen LogP) is 4.15. The molecule has 0 aliphatic carbocycles. The van der Waals surface area contributed by atoms with E-state index in [1.807, 2.05) is 47.2 Å². The lowest BCUT2D eigenvalue weighted by Crippen LogP contribution is -2.33. The fourth-order valence-electron chi connectivity index (χ4n) is 2.87. The third-order valence-corrected chi connectivity index (χ3v) is 5.05. The van der Waals surface area contributed by atoms with E-state index in [0.29, 0.717) is 36.9 Å². The van der Waals surface area contributed by atoms with Crippen LogP contribution in [0.1, 0.15) is 29.9 Å². The molecule has 0 saturated carbocycles. The third kappa shape index (κ3) is 5.29. The van der Waals surface area contributed by atoms with Gasteiger partial charge in [-0.05, 0) is 30.4 Å². The van der Waals surface area contributed by atoms with Gasteiger partial charge in [0.05, 0.1) is 12.1 Å². The quantitative estimate of drug-likeness (QED) is 0.585. The first-order chi connectivity index (χ1) is 13.5. The first-order valence-corrected chi connectivity index (χ1v) is 9.99. The molecule has 0 bridgehead atoms. The van der Waals surface area contributed by atoms with E-state index in [1.165, 1.54) is 0 Å². The van der Waals surface area contributed by atoms with Gasteiger partial charge in [0.1, 0.15) is 5.76 Å². The zero-order valence-corrected chi connectivity index (χ0v) is 16.4. The minimum absolute atomic E-state index is 0.0316. The molecule has 3 aromatic rings. The Hall–Kier alpha value is -2.93. The van der Waals surface area contributed by atoms with Crippen LogP contribution in [0, 0.1) is 6.92 Å². The molecule has 0 atom stereocenters. The normalized spacial score (nSPS) is 10.8. The fourth-order valence-corrected chi connectivity index (χ4v) is 3.50. The molecule has 0 aliphatic heterocycles. The van der Waals surface area contributed by atoms with Crippen LogP contribution in [-0.2, 0) is 22.6 Å². The molecule has 0 unspecified atom stereocenters. The number of nitrogens with zero attached hydrogens (tertiary/aromatic N) is 2. The number of oxazole rings is 1. The molecule has 0 fully saturated rings. The molecule has 7 heteroatoms. The number of aryl methyl sites for hydroxylation is 1. The Labute approximate surface area is 167 Å². The summed E-state index contributed by atoms with van der Waals surface area (Å²) in [6.45, 7) is 2.62. The average Bonchev–Trinajstić information content (AvgIpc) is 3.32. The summed E-state index contributed by atoms with van der Waals surface area (Å²) in [7, 11) is 0. The zero-order chi connectivity index (χ0) is 19.9. The molecule has 2 heterocycles. The molecule has 0 radical (unpaired) electrons. The second kappa shape index (κ2) is 9.32. The molecule has 1 aromatic carbocycles. The number of hydrogen-bond acceptors (Lipinski definition) is 5. The van der Waals surface area contributed by atoms with Crippen molar-refractivity contribution >= 4 is 23.2 Å². The molecule has 28 heavy (non-hydrogen) atoms. The lowest BCUT2D eigenvalue weighted by Gasteiger charge is -2.22. The Morgan fingerprint density at radius 3 is 2.68 bits per heavy atom.